The van der Waals surface area contributed by atoms with Gasteiger partial charge in [0.2, 0.25) is 5.91 Å². The number of nitrogens with zero attached hydrogens (tertiary/aromatic N) is 1. The van der Waals surface area contributed by atoms with Gasteiger partial charge >= 0.3 is 0 Å². The Hall–Kier alpha value is -2.31. The molecule has 120 valence electrons. The predicted octanol–water partition coefficient (Wildman–Crippen LogP) is 5.36. The van der Waals surface area contributed by atoms with Crippen molar-refractivity contribution in [3.05, 3.63) is 75.8 Å². The van der Waals surface area contributed by atoms with Gasteiger partial charge in [-0.1, -0.05) is 28.1 Å². The van der Waals surface area contributed by atoms with Gasteiger partial charge in [0.25, 0.3) is 0 Å². The molecule has 0 saturated heterocycles. The summed E-state index contributed by atoms with van der Waals surface area (Å²) < 4.78 is 13.9. The van der Waals surface area contributed by atoms with Crippen molar-refractivity contribution < 1.29 is 9.18 Å². The van der Waals surface area contributed by atoms with E-state index in [1.807, 2.05) is 29.6 Å². The van der Waals surface area contributed by atoms with Crippen LogP contribution in [0.4, 0.5) is 9.52 Å². The second-order valence-corrected chi connectivity index (χ2v) is 6.69. The van der Waals surface area contributed by atoms with Crippen molar-refractivity contribution in [2.45, 2.75) is 0 Å². The first-order valence-electron chi connectivity index (χ1n) is 7.06. The van der Waals surface area contributed by atoms with E-state index in [9.17, 15) is 9.18 Å². The van der Waals surface area contributed by atoms with Crippen LogP contribution in [0.25, 0.3) is 17.3 Å². The van der Waals surface area contributed by atoms with Crippen molar-refractivity contribution in [2.75, 3.05) is 5.32 Å². The molecule has 1 amide bonds. The Morgan fingerprint density at radius 2 is 1.83 bits per heavy atom. The average molecular weight is 403 g/mol. The molecular formula is C18H12BrFN2OS. The number of hydrogen-bond acceptors (Lipinski definition) is 3. The SMILES string of the molecule is O=C(C=Cc1ccc(Br)cc1)Nc1nc(-c2ccc(F)cc2)cs1. The molecule has 2 aromatic carbocycles. The minimum Gasteiger partial charge on any atom is -0.298 e. The van der Waals surface area contributed by atoms with E-state index in [2.05, 4.69) is 26.2 Å². The second kappa shape index (κ2) is 7.51. The Balaban J connectivity index is 1.64. The third kappa shape index (κ3) is 4.37. The Labute approximate surface area is 151 Å². The molecule has 0 aliphatic heterocycles. The zero-order chi connectivity index (χ0) is 16.9. The summed E-state index contributed by atoms with van der Waals surface area (Å²) in [5.74, 6) is -0.543. The molecule has 3 rings (SSSR count). The lowest BCUT2D eigenvalue weighted by Crippen LogP contribution is -2.07. The molecule has 6 heteroatoms. The molecule has 0 radical (unpaired) electrons. The van der Waals surface area contributed by atoms with Crippen LogP contribution < -0.4 is 5.32 Å². The van der Waals surface area contributed by atoms with Gasteiger partial charge < -0.3 is 0 Å². The normalized spacial score (nSPS) is 10.9. The van der Waals surface area contributed by atoms with Gasteiger partial charge in [0.05, 0.1) is 5.69 Å². The van der Waals surface area contributed by atoms with E-state index in [1.54, 1.807) is 18.2 Å². The van der Waals surface area contributed by atoms with Crippen LogP contribution >= 0.6 is 27.3 Å². The maximum atomic E-state index is 12.9. The summed E-state index contributed by atoms with van der Waals surface area (Å²) in [5, 5.41) is 5.04. The van der Waals surface area contributed by atoms with Crippen LogP contribution in [0.5, 0.6) is 0 Å². The molecule has 0 unspecified atom stereocenters. The molecule has 1 aromatic heterocycles. The number of benzene rings is 2. The fourth-order valence-electron chi connectivity index (χ4n) is 1.98. The number of aromatic nitrogens is 1. The van der Waals surface area contributed by atoms with E-state index >= 15 is 0 Å². The lowest BCUT2D eigenvalue weighted by molar-refractivity contribution is -0.111. The van der Waals surface area contributed by atoms with Crippen LogP contribution in [0.2, 0.25) is 0 Å². The van der Waals surface area contributed by atoms with Crippen molar-refractivity contribution in [3.8, 4) is 11.3 Å². The molecule has 0 spiro atoms. The van der Waals surface area contributed by atoms with Crippen molar-refractivity contribution in [3.63, 3.8) is 0 Å². The highest BCUT2D eigenvalue weighted by Gasteiger charge is 2.06. The van der Waals surface area contributed by atoms with Gasteiger partial charge in [-0.05, 0) is 48.0 Å². The number of amides is 1. The summed E-state index contributed by atoms with van der Waals surface area (Å²) in [5.41, 5.74) is 2.44. The molecule has 24 heavy (non-hydrogen) atoms. The van der Waals surface area contributed by atoms with E-state index in [0.29, 0.717) is 10.8 Å². The number of carbonyl (C=O) groups excluding carboxylic acids is 1. The summed E-state index contributed by atoms with van der Waals surface area (Å²) in [4.78, 5) is 16.3. The monoisotopic (exact) mass is 402 g/mol. The van der Waals surface area contributed by atoms with Gasteiger partial charge in [0, 0.05) is 21.5 Å². The van der Waals surface area contributed by atoms with Crippen molar-refractivity contribution in [2.24, 2.45) is 0 Å². The summed E-state index contributed by atoms with van der Waals surface area (Å²) in [6.07, 6.45) is 3.19. The predicted molar refractivity (Wildman–Crippen MR) is 99.3 cm³/mol. The standard InChI is InChI=1S/C18H12BrFN2OS/c19-14-6-1-12(2-7-14)3-10-17(23)22-18-21-16(11-24-18)13-4-8-15(20)9-5-13/h1-11H,(H,21,22,23). The molecule has 1 heterocycles. The summed E-state index contributed by atoms with van der Waals surface area (Å²) in [6.45, 7) is 0. The molecule has 0 fully saturated rings. The number of anilines is 1. The van der Waals surface area contributed by atoms with Crippen molar-refractivity contribution in [1.82, 2.24) is 4.98 Å². The topological polar surface area (TPSA) is 42.0 Å². The molecule has 3 nitrogen and oxygen atoms in total. The fraction of sp³-hybridized carbons (Fsp3) is 0. The Morgan fingerprint density at radius 3 is 2.54 bits per heavy atom. The van der Waals surface area contributed by atoms with Gasteiger partial charge in [0.15, 0.2) is 5.13 Å². The van der Waals surface area contributed by atoms with Gasteiger partial charge in [0.1, 0.15) is 5.82 Å². The number of nitrogens with one attached hydrogen (secondary N) is 1. The van der Waals surface area contributed by atoms with Gasteiger partial charge in [-0.15, -0.1) is 11.3 Å². The molecular weight excluding hydrogens is 391 g/mol. The maximum absolute atomic E-state index is 12.9. The van der Waals surface area contributed by atoms with Gasteiger partial charge in [-0.25, -0.2) is 9.37 Å². The van der Waals surface area contributed by atoms with Crippen LogP contribution in [-0.2, 0) is 4.79 Å². The number of carbonyl (C=O) groups is 1. The Kier molecular flexibility index (Phi) is 5.17. The van der Waals surface area contributed by atoms with Crippen LogP contribution in [0, 0.1) is 5.82 Å². The summed E-state index contributed by atoms with van der Waals surface area (Å²) in [6, 6.07) is 13.7. The third-order valence-electron chi connectivity index (χ3n) is 3.17. The zero-order valence-corrected chi connectivity index (χ0v) is 14.8. The minimum atomic E-state index is -0.291. The largest absolute Gasteiger partial charge is 0.298 e. The average Bonchev–Trinajstić information content (AvgIpc) is 3.03. The highest BCUT2D eigenvalue weighted by Crippen LogP contribution is 2.25. The van der Waals surface area contributed by atoms with Crippen LogP contribution in [0.3, 0.4) is 0 Å². The molecule has 3 aromatic rings. The lowest BCUT2D eigenvalue weighted by Gasteiger charge is -1.98. The molecule has 0 aliphatic carbocycles. The molecule has 1 N–H and O–H groups in total. The number of rotatable bonds is 4. The molecule has 0 bridgehead atoms. The smallest absolute Gasteiger partial charge is 0.250 e. The maximum Gasteiger partial charge on any atom is 0.250 e. The van der Waals surface area contributed by atoms with Gasteiger partial charge in [-0.2, -0.15) is 0 Å². The quantitative estimate of drug-likeness (QED) is 0.596. The molecule has 0 atom stereocenters. The first kappa shape index (κ1) is 16.5. The van der Waals surface area contributed by atoms with Gasteiger partial charge in [-0.3, -0.25) is 10.1 Å². The second-order valence-electron chi connectivity index (χ2n) is 4.92. The fourth-order valence-corrected chi connectivity index (χ4v) is 2.96. The molecule has 0 aliphatic rings. The molecule has 0 saturated carbocycles. The van der Waals surface area contributed by atoms with E-state index in [0.717, 1.165) is 15.6 Å². The summed E-state index contributed by atoms with van der Waals surface area (Å²) >= 11 is 4.69. The van der Waals surface area contributed by atoms with Crippen molar-refractivity contribution in [1.29, 1.82) is 0 Å². The number of hydrogen-bond donors (Lipinski definition) is 1. The highest BCUT2D eigenvalue weighted by atomic mass is 79.9. The Morgan fingerprint density at radius 1 is 1.12 bits per heavy atom. The zero-order valence-electron chi connectivity index (χ0n) is 12.4. The van der Waals surface area contributed by atoms with E-state index in [1.165, 1.54) is 29.5 Å². The van der Waals surface area contributed by atoms with Crippen LogP contribution in [0.1, 0.15) is 5.56 Å². The van der Waals surface area contributed by atoms with Crippen molar-refractivity contribution >= 4 is 44.4 Å². The first-order chi connectivity index (χ1) is 11.6. The minimum absolute atomic E-state index is 0.252. The summed E-state index contributed by atoms with van der Waals surface area (Å²) in [7, 11) is 0. The number of thiazole rings is 1. The highest BCUT2D eigenvalue weighted by molar-refractivity contribution is 9.10. The van der Waals surface area contributed by atoms with E-state index < -0.39 is 0 Å². The van der Waals surface area contributed by atoms with E-state index in [4.69, 9.17) is 0 Å². The number of halogens is 2. The van der Waals surface area contributed by atoms with Crippen LogP contribution in [-0.4, -0.2) is 10.9 Å². The lowest BCUT2D eigenvalue weighted by atomic mass is 10.2. The first-order valence-corrected chi connectivity index (χ1v) is 8.73. The third-order valence-corrected chi connectivity index (χ3v) is 4.46. The van der Waals surface area contributed by atoms with Crippen LogP contribution in [0.15, 0.2) is 64.5 Å². The van der Waals surface area contributed by atoms with E-state index in [-0.39, 0.29) is 11.7 Å². The Bertz CT molecular complexity index is 873.